The molecule has 0 bridgehead atoms. The minimum Gasteiger partial charge on any atom is -0.313 e. The van der Waals surface area contributed by atoms with E-state index in [9.17, 15) is 13.2 Å². The molecule has 0 radical (unpaired) electrons. The van der Waals surface area contributed by atoms with E-state index in [0.717, 1.165) is 25.2 Å². The van der Waals surface area contributed by atoms with Crippen LogP contribution >= 0.6 is 0 Å². The maximum Gasteiger partial charge on any atom is 0.419 e. The lowest BCUT2D eigenvalue weighted by Crippen LogP contribution is -2.42. The Labute approximate surface area is 109 Å². The van der Waals surface area contributed by atoms with E-state index < -0.39 is 17.3 Å². The van der Waals surface area contributed by atoms with Gasteiger partial charge in [-0.1, -0.05) is 6.42 Å². The Morgan fingerprint density at radius 3 is 2.89 bits per heavy atom. The zero-order chi connectivity index (χ0) is 14.1. The Bertz CT molecular complexity index is 488. The van der Waals surface area contributed by atoms with Gasteiger partial charge in [0.05, 0.1) is 17.8 Å². The van der Waals surface area contributed by atoms with Crippen molar-refractivity contribution in [1.82, 2.24) is 9.78 Å². The molecular weight excluding hydrogens is 257 g/mol. The van der Waals surface area contributed by atoms with Gasteiger partial charge in [-0.15, -0.1) is 0 Å². The zero-order valence-electron chi connectivity index (χ0n) is 10.3. The average Bonchev–Trinajstić information content (AvgIpc) is 2.93. The van der Waals surface area contributed by atoms with E-state index in [-0.39, 0.29) is 5.92 Å². The van der Waals surface area contributed by atoms with Gasteiger partial charge in [0, 0.05) is 12.7 Å². The molecular formula is C12H15F3N4. The van der Waals surface area contributed by atoms with Gasteiger partial charge in [-0.05, 0) is 25.2 Å². The molecule has 2 unspecified atom stereocenters. The first-order valence-electron chi connectivity index (χ1n) is 6.15. The molecule has 1 aromatic rings. The van der Waals surface area contributed by atoms with Crippen molar-refractivity contribution in [2.45, 2.75) is 43.9 Å². The molecule has 4 nitrogen and oxygen atoms in total. The standard InChI is InChI=1S/C12H15F3N4/c13-12(14,15)10-6-18-19(7-10)5-3-9-2-1-4-11(9,17)8-16/h6-7,9H,1-5,17H2. The lowest BCUT2D eigenvalue weighted by Gasteiger charge is -2.23. The summed E-state index contributed by atoms with van der Waals surface area (Å²) in [5, 5.41) is 12.7. The number of halogens is 3. The zero-order valence-corrected chi connectivity index (χ0v) is 10.3. The van der Waals surface area contributed by atoms with E-state index in [1.165, 1.54) is 4.68 Å². The highest BCUT2D eigenvalue weighted by atomic mass is 19.4. The van der Waals surface area contributed by atoms with E-state index in [0.29, 0.717) is 19.4 Å². The maximum absolute atomic E-state index is 12.4. The van der Waals surface area contributed by atoms with Crippen LogP contribution in [-0.2, 0) is 12.7 Å². The minimum absolute atomic E-state index is 0.0241. The largest absolute Gasteiger partial charge is 0.419 e. The normalized spacial score (nSPS) is 27.4. The highest BCUT2D eigenvalue weighted by molar-refractivity contribution is 5.12. The lowest BCUT2D eigenvalue weighted by molar-refractivity contribution is -0.137. The molecule has 7 heteroatoms. The Morgan fingerprint density at radius 1 is 1.58 bits per heavy atom. The van der Waals surface area contributed by atoms with Gasteiger partial charge in [-0.3, -0.25) is 4.68 Å². The summed E-state index contributed by atoms with van der Waals surface area (Å²) in [6.07, 6.45) is 0.396. The molecule has 2 rings (SSSR count). The molecule has 1 fully saturated rings. The number of hydrogen-bond acceptors (Lipinski definition) is 3. The van der Waals surface area contributed by atoms with Crippen molar-refractivity contribution in [3.05, 3.63) is 18.0 Å². The predicted octanol–water partition coefficient (Wildman–Crippen LogP) is 2.31. The number of nitriles is 1. The third-order valence-electron chi connectivity index (χ3n) is 3.75. The number of aryl methyl sites for hydroxylation is 1. The molecule has 104 valence electrons. The van der Waals surface area contributed by atoms with Crippen LogP contribution in [0.3, 0.4) is 0 Å². The fourth-order valence-corrected chi connectivity index (χ4v) is 2.57. The Morgan fingerprint density at radius 2 is 2.32 bits per heavy atom. The predicted molar refractivity (Wildman–Crippen MR) is 61.7 cm³/mol. The van der Waals surface area contributed by atoms with Crippen LogP contribution in [0, 0.1) is 17.2 Å². The van der Waals surface area contributed by atoms with Gasteiger partial charge in [-0.2, -0.15) is 23.5 Å². The highest BCUT2D eigenvalue weighted by Crippen LogP contribution is 2.36. The summed E-state index contributed by atoms with van der Waals surface area (Å²) in [6, 6.07) is 2.12. The van der Waals surface area contributed by atoms with E-state index in [4.69, 9.17) is 11.0 Å². The van der Waals surface area contributed by atoms with Gasteiger partial charge >= 0.3 is 6.18 Å². The van der Waals surface area contributed by atoms with Crippen molar-refractivity contribution >= 4 is 0 Å². The summed E-state index contributed by atoms with van der Waals surface area (Å²) >= 11 is 0. The molecule has 1 saturated carbocycles. The molecule has 2 atom stereocenters. The fraction of sp³-hybridized carbons (Fsp3) is 0.667. The molecule has 0 amide bonds. The topological polar surface area (TPSA) is 67.6 Å². The summed E-state index contributed by atoms with van der Waals surface area (Å²) in [7, 11) is 0. The minimum atomic E-state index is -4.37. The van der Waals surface area contributed by atoms with Crippen LogP contribution in [0.1, 0.15) is 31.2 Å². The molecule has 1 heterocycles. The summed E-state index contributed by atoms with van der Waals surface area (Å²) in [4.78, 5) is 0. The van der Waals surface area contributed by atoms with Crippen molar-refractivity contribution in [3.8, 4) is 6.07 Å². The number of hydrogen-bond donors (Lipinski definition) is 1. The van der Waals surface area contributed by atoms with E-state index in [1.807, 2.05) is 0 Å². The smallest absolute Gasteiger partial charge is 0.313 e. The summed E-state index contributed by atoms with van der Waals surface area (Å²) in [6.45, 7) is 0.349. The van der Waals surface area contributed by atoms with Gasteiger partial charge < -0.3 is 5.73 Å². The van der Waals surface area contributed by atoms with Crippen LogP contribution in [0.2, 0.25) is 0 Å². The van der Waals surface area contributed by atoms with Crippen LogP contribution in [0.25, 0.3) is 0 Å². The van der Waals surface area contributed by atoms with Crippen LogP contribution in [0.5, 0.6) is 0 Å². The molecule has 19 heavy (non-hydrogen) atoms. The van der Waals surface area contributed by atoms with Crippen molar-refractivity contribution in [3.63, 3.8) is 0 Å². The van der Waals surface area contributed by atoms with Crippen LogP contribution in [0.4, 0.5) is 13.2 Å². The van der Waals surface area contributed by atoms with Crippen molar-refractivity contribution in [2.75, 3.05) is 0 Å². The first-order chi connectivity index (χ1) is 8.85. The van der Waals surface area contributed by atoms with Gasteiger partial charge in [0.2, 0.25) is 0 Å². The quantitative estimate of drug-likeness (QED) is 0.918. The van der Waals surface area contributed by atoms with E-state index in [2.05, 4.69) is 11.2 Å². The second-order valence-electron chi connectivity index (χ2n) is 5.02. The monoisotopic (exact) mass is 272 g/mol. The third-order valence-corrected chi connectivity index (χ3v) is 3.75. The lowest BCUT2D eigenvalue weighted by atomic mass is 9.87. The van der Waals surface area contributed by atoms with Gasteiger partial charge in [0.1, 0.15) is 5.54 Å². The molecule has 0 aromatic carbocycles. The number of rotatable bonds is 3. The second kappa shape index (κ2) is 4.85. The number of aromatic nitrogens is 2. The third kappa shape index (κ3) is 2.89. The van der Waals surface area contributed by atoms with Crippen molar-refractivity contribution < 1.29 is 13.2 Å². The van der Waals surface area contributed by atoms with E-state index >= 15 is 0 Å². The Balaban J connectivity index is 1.96. The molecule has 0 spiro atoms. The average molecular weight is 272 g/mol. The molecule has 0 aliphatic heterocycles. The first-order valence-corrected chi connectivity index (χ1v) is 6.15. The molecule has 1 aliphatic rings. The fourth-order valence-electron chi connectivity index (χ4n) is 2.57. The number of nitrogens with two attached hydrogens (primary N) is 1. The molecule has 1 aliphatic carbocycles. The van der Waals surface area contributed by atoms with Crippen LogP contribution in [0.15, 0.2) is 12.4 Å². The number of alkyl halides is 3. The van der Waals surface area contributed by atoms with Gasteiger partial charge in [0.25, 0.3) is 0 Å². The van der Waals surface area contributed by atoms with E-state index in [1.54, 1.807) is 0 Å². The van der Waals surface area contributed by atoms with Crippen LogP contribution in [-0.4, -0.2) is 15.3 Å². The highest BCUT2D eigenvalue weighted by Gasteiger charge is 2.39. The Kier molecular flexibility index (Phi) is 3.54. The second-order valence-corrected chi connectivity index (χ2v) is 5.02. The molecule has 2 N–H and O–H groups in total. The molecule has 0 saturated heterocycles. The van der Waals surface area contributed by atoms with Crippen LogP contribution < -0.4 is 5.73 Å². The number of nitrogens with zero attached hydrogens (tertiary/aromatic N) is 3. The summed E-state index contributed by atoms with van der Waals surface area (Å²) in [5.41, 5.74) is 4.39. The summed E-state index contributed by atoms with van der Waals surface area (Å²) < 4.78 is 38.5. The van der Waals surface area contributed by atoms with Gasteiger partial charge in [-0.25, -0.2) is 0 Å². The van der Waals surface area contributed by atoms with Crippen molar-refractivity contribution in [2.24, 2.45) is 11.7 Å². The van der Waals surface area contributed by atoms with Crippen molar-refractivity contribution in [1.29, 1.82) is 5.26 Å². The molecule has 1 aromatic heterocycles. The first kappa shape index (κ1) is 13.9. The summed E-state index contributed by atoms with van der Waals surface area (Å²) in [5.74, 6) is 0.0241. The maximum atomic E-state index is 12.4. The van der Waals surface area contributed by atoms with Gasteiger partial charge in [0.15, 0.2) is 0 Å². The Hall–Kier alpha value is -1.55. The SMILES string of the molecule is N#CC1(N)CCCC1CCn1cc(C(F)(F)F)cn1.